The smallest absolute Gasteiger partial charge is 0.332 e. The molecular weight excluding hydrogens is 163 g/mol. The van der Waals surface area contributed by atoms with E-state index in [1.807, 2.05) is 0 Å². The summed E-state index contributed by atoms with van der Waals surface area (Å²) in [4.78, 5) is 10.7. The predicted octanol–water partition coefficient (Wildman–Crippen LogP) is 1.19. The van der Waals surface area contributed by atoms with E-state index in [0.717, 1.165) is 6.08 Å². The van der Waals surface area contributed by atoms with Crippen molar-refractivity contribution in [3.05, 3.63) is 12.7 Å². The fourth-order valence-electron chi connectivity index (χ4n) is 0.705. The van der Waals surface area contributed by atoms with Crippen LogP contribution < -0.4 is 0 Å². The van der Waals surface area contributed by atoms with Crippen LogP contribution in [0.4, 0.5) is 4.39 Å². The highest BCUT2D eigenvalue weighted by Gasteiger charge is 2.59. The molecule has 0 N–H and O–H groups in total. The van der Waals surface area contributed by atoms with Crippen molar-refractivity contribution in [2.45, 2.75) is 25.3 Å². The van der Waals surface area contributed by atoms with Crippen molar-refractivity contribution in [1.82, 2.24) is 0 Å². The summed E-state index contributed by atoms with van der Waals surface area (Å²) in [5, 5.41) is 0. The fraction of sp³-hybridized carbons (Fsp3) is 0.625. The van der Waals surface area contributed by atoms with Gasteiger partial charge in [0.1, 0.15) is 0 Å². The Morgan fingerprint density at radius 1 is 1.92 bits per heavy atom. The van der Waals surface area contributed by atoms with Gasteiger partial charge in [-0.15, -0.1) is 0 Å². The van der Waals surface area contributed by atoms with Crippen LogP contribution in [0.2, 0.25) is 0 Å². The second-order valence-corrected chi connectivity index (χ2v) is 3.06. The standard InChI is InChI=1S/C8H11FO3/c1-4-6(10)12-8(3,9)7(2)5-11-7/h4H,1,5H2,2-3H3. The Labute approximate surface area is 70.2 Å². The Balaban J connectivity index is 2.60. The first-order valence-corrected chi connectivity index (χ1v) is 3.59. The molecule has 1 saturated heterocycles. The van der Waals surface area contributed by atoms with Crippen LogP contribution >= 0.6 is 0 Å². The van der Waals surface area contributed by atoms with Gasteiger partial charge in [0.2, 0.25) is 0 Å². The maximum absolute atomic E-state index is 13.5. The molecule has 1 aliphatic rings. The summed E-state index contributed by atoms with van der Waals surface area (Å²) < 4.78 is 22.8. The number of ether oxygens (including phenoxy) is 2. The minimum Gasteiger partial charge on any atom is -0.422 e. The topological polar surface area (TPSA) is 38.8 Å². The van der Waals surface area contributed by atoms with Gasteiger partial charge < -0.3 is 9.47 Å². The highest BCUT2D eigenvalue weighted by atomic mass is 19.2. The Morgan fingerprint density at radius 2 is 2.42 bits per heavy atom. The quantitative estimate of drug-likeness (QED) is 0.366. The average Bonchev–Trinajstić information content (AvgIpc) is 2.68. The van der Waals surface area contributed by atoms with Crippen LogP contribution in [0, 0.1) is 0 Å². The normalized spacial score (nSPS) is 31.9. The summed E-state index contributed by atoms with van der Waals surface area (Å²) in [6.07, 6.45) is 0.920. The molecule has 3 nitrogen and oxygen atoms in total. The number of halogens is 1. The van der Waals surface area contributed by atoms with Gasteiger partial charge in [0.05, 0.1) is 6.61 Å². The lowest BCUT2D eigenvalue weighted by Gasteiger charge is -2.23. The van der Waals surface area contributed by atoms with Crippen LogP contribution in [0.25, 0.3) is 0 Å². The number of alkyl halides is 1. The van der Waals surface area contributed by atoms with Crippen molar-refractivity contribution in [2.75, 3.05) is 6.61 Å². The van der Waals surface area contributed by atoms with Crippen molar-refractivity contribution < 1.29 is 18.7 Å². The van der Waals surface area contributed by atoms with E-state index in [1.54, 1.807) is 6.92 Å². The lowest BCUT2D eigenvalue weighted by molar-refractivity contribution is -0.187. The molecule has 0 spiro atoms. The maximum atomic E-state index is 13.5. The van der Waals surface area contributed by atoms with Crippen LogP contribution in [0.3, 0.4) is 0 Å². The van der Waals surface area contributed by atoms with E-state index in [4.69, 9.17) is 4.74 Å². The average molecular weight is 174 g/mol. The summed E-state index contributed by atoms with van der Waals surface area (Å²) >= 11 is 0. The Bertz CT molecular complexity index is 218. The van der Waals surface area contributed by atoms with E-state index in [1.165, 1.54) is 6.92 Å². The first kappa shape index (κ1) is 9.19. The molecule has 0 aromatic carbocycles. The molecule has 0 bridgehead atoms. The lowest BCUT2D eigenvalue weighted by atomic mass is 10.1. The second kappa shape index (κ2) is 2.55. The third kappa shape index (κ3) is 1.48. The molecule has 1 rings (SSSR count). The van der Waals surface area contributed by atoms with E-state index in [2.05, 4.69) is 11.3 Å². The van der Waals surface area contributed by atoms with Crippen LogP contribution in [0.5, 0.6) is 0 Å². The molecule has 0 saturated carbocycles. The zero-order valence-corrected chi connectivity index (χ0v) is 7.09. The zero-order chi connectivity index (χ0) is 9.41. The van der Waals surface area contributed by atoms with Gasteiger partial charge in [-0.3, -0.25) is 0 Å². The van der Waals surface area contributed by atoms with Gasteiger partial charge in [-0.25, -0.2) is 4.79 Å². The Kier molecular flexibility index (Phi) is 1.96. The highest BCUT2D eigenvalue weighted by molar-refractivity contribution is 5.81. The molecule has 0 aromatic heterocycles. The molecule has 0 radical (unpaired) electrons. The monoisotopic (exact) mass is 174 g/mol. The number of carbonyl (C=O) groups excluding carboxylic acids is 1. The first-order chi connectivity index (χ1) is 5.41. The van der Waals surface area contributed by atoms with Gasteiger partial charge >= 0.3 is 5.97 Å². The molecule has 1 aliphatic heterocycles. The minimum absolute atomic E-state index is 0.268. The van der Waals surface area contributed by atoms with Crippen LogP contribution in [-0.4, -0.2) is 24.0 Å². The fourth-order valence-corrected chi connectivity index (χ4v) is 0.705. The Morgan fingerprint density at radius 3 is 2.75 bits per heavy atom. The molecule has 0 aromatic rings. The van der Waals surface area contributed by atoms with Gasteiger partial charge in [0.25, 0.3) is 5.85 Å². The van der Waals surface area contributed by atoms with Gasteiger partial charge in [0.15, 0.2) is 5.60 Å². The largest absolute Gasteiger partial charge is 0.422 e. The molecule has 0 aliphatic carbocycles. The number of hydrogen-bond acceptors (Lipinski definition) is 3. The molecule has 2 atom stereocenters. The number of esters is 1. The maximum Gasteiger partial charge on any atom is 0.332 e. The molecule has 4 heteroatoms. The third-order valence-corrected chi connectivity index (χ3v) is 1.98. The van der Waals surface area contributed by atoms with E-state index in [0.29, 0.717) is 0 Å². The number of rotatable bonds is 3. The van der Waals surface area contributed by atoms with Crippen LogP contribution in [-0.2, 0) is 14.3 Å². The molecular formula is C8H11FO3. The van der Waals surface area contributed by atoms with Gasteiger partial charge in [-0.1, -0.05) is 6.58 Å². The Hall–Kier alpha value is -0.900. The molecule has 1 fully saturated rings. The van der Waals surface area contributed by atoms with E-state index in [9.17, 15) is 9.18 Å². The van der Waals surface area contributed by atoms with Crippen molar-refractivity contribution in [3.8, 4) is 0 Å². The molecule has 68 valence electrons. The molecule has 2 unspecified atom stereocenters. The number of carbonyl (C=O) groups is 1. The molecule has 12 heavy (non-hydrogen) atoms. The minimum atomic E-state index is -2.07. The first-order valence-electron chi connectivity index (χ1n) is 3.59. The van der Waals surface area contributed by atoms with Crippen molar-refractivity contribution in [3.63, 3.8) is 0 Å². The lowest BCUT2D eigenvalue weighted by Crippen LogP contribution is -2.40. The van der Waals surface area contributed by atoms with E-state index < -0.39 is 17.4 Å². The second-order valence-electron chi connectivity index (χ2n) is 3.06. The van der Waals surface area contributed by atoms with Crippen LogP contribution in [0.1, 0.15) is 13.8 Å². The van der Waals surface area contributed by atoms with Crippen molar-refractivity contribution in [1.29, 1.82) is 0 Å². The van der Waals surface area contributed by atoms with Crippen molar-refractivity contribution >= 4 is 5.97 Å². The summed E-state index contributed by atoms with van der Waals surface area (Å²) in [6, 6.07) is 0. The SMILES string of the molecule is C=CC(=O)OC(C)(F)C1(C)CO1. The van der Waals surface area contributed by atoms with Gasteiger partial charge in [-0.2, -0.15) is 4.39 Å². The molecule has 1 heterocycles. The summed E-state index contributed by atoms with van der Waals surface area (Å²) in [7, 11) is 0. The molecule has 0 amide bonds. The summed E-state index contributed by atoms with van der Waals surface area (Å²) in [6.45, 7) is 6.15. The van der Waals surface area contributed by atoms with Gasteiger partial charge in [0, 0.05) is 13.0 Å². The third-order valence-electron chi connectivity index (χ3n) is 1.98. The number of hydrogen-bond donors (Lipinski definition) is 0. The predicted molar refractivity (Wildman–Crippen MR) is 40.2 cm³/mol. The number of epoxide rings is 1. The highest BCUT2D eigenvalue weighted by Crippen LogP contribution is 2.41. The van der Waals surface area contributed by atoms with E-state index >= 15 is 0 Å². The van der Waals surface area contributed by atoms with Gasteiger partial charge in [-0.05, 0) is 6.92 Å². The van der Waals surface area contributed by atoms with Crippen molar-refractivity contribution in [2.24, 2.45) is 0 Å². The summed E-state index contributed by atoms with van der Waals surface area (Å²) in [5.74, 6) is -2.85. The van der Waals surface area contributed by atoms with E-state index in [-0.39, 0.29) is 6.61 Å². The van der Waals surface area contributed by atoms with Crippen LogP contribution in [0.15, 0.2) is 12.7 Å². The zero-order valence-electron chi connectivity index (χ0n) is 7.09. The summed E-state index contributed by atoms with van der Waals surface area (Å²) in [5.41, 5.74) is -0.980.